The van der Waals surface area contributed by atoms with Crippen LogP contribution in [-0.4, -0.2) is 26.1 Å². The highest BCUT2D eigenvalue weighted by atomic mass is 32.1. The third kappa shape index (κ3) is 3.41. The van der Waals surface area contributed by atoms with Gasteiger partial charge in [0, 0.05) is 5.56 Å². The Bertz CT molecular complexity index is 661. The predicted octanol–water partition coefficient (Wildman–Crippen LogP) is 3.10. The second-order valence-corrected chi connectivity index (χ2v) is 5.35. The number of thiophene rings is 1. The molecule has 0 aliphatic carbocycles. The molecular formula is C15H15NO4S. The third-order valence-electron chi connectivity index (χ3n) is 2.88. The fourth-order valence-electron chi connectivity index (χ4n) is 1.77. The molecule has 0 bridgehead atoms. The maximum atomic E-state index is 12.1. The van der Waals surface area contributed by atoms with Crippen LogP contribution in [0.2, 0.25) is 0 Å². The van der Waals surface area contributed by atoms with Crippen molar-refractivity contribution < 1.29 is 19.1 Å². The summed E-state index contributed by atoms with van der Waals surface area (Å²) >= 11 is 1.19. The van der Waals surface area contributed by atoms with Crippen molar-refractivity contribution in [1.29, 1.82) is 0 Å². The molecule has 1 aromatic heterocycles. The Labute approximate surface area is 126 Å². The van der Waals surface area contributed by atoms with Crippen LogP contribution in [0.15, 0.2) is 30.3 Å². The lowest BCUT2D eigenvalue weighted by Crippen LogP contribution is -2.10. The van der Waals surface area contributed by atoms with Crippen LogP contribution in [0.1, 0.15) is 25.6 Å². The molecule has 0 fully saturated rings. The topological polar surface area (TPSA) is 64.6 Å². The molecule has 6 heteroatoms. The highest BCUT2D eigenvalue weighted by Crippen LogP contribution is 2.27. The molecule has 0 saturated heterocycles. The Balaban J connectivity index is 2.13. The van der Waals surface area contributed by atoms with Crippen LogP contribution < -0.4 is 10.1 Å². The molecule has 0 atom stereocenters. The number of carbonyl (C=O) groups excluding carboxylic acids is 2. The molecule has 0 unspecified atom stereocenters. The van der Waals surface area contributed by atoms with Gasteiger partial charge in [-0.1, -0.05) is 0 Å². The van der Waals surface area contributed by atoms with Gasteiger partial charge in [0.25, 0.3) is 5.91 Å². The first-order valence-corrected chi connectivity index (χ1v) is 7.01. The molecule has 0 spiro atoms. The lowest BCUT2D eigenvalue weighted by molar-refractivity contribution is 0.0605. The van der Waals surface area contributed by atoms with Crippen molar-refractivity contribution >= 4 is 28.2 Å². The average Bonchev–Trinajstić information content (AvgIpc) is 2.87. The Kier molecular flexibility index (Phi) is 4.59. The van der Waals surface area contributed by atoms with E-state index in [1.54, 1.807) is 44.4 Å². The van der Waals surface area contributed by atoms with Crippen molar-refractivity contribution in [3.8, 4) is 5.75 Å². The van der Waals surface area contributed by atoms with E-state index in [2.05, 4.69) is 5.32 Å². The zero-order chi connectivity index (χ0) is 15.4. The summed E-state index contributed by atoms with van der Waals surface area (Å²) in [6.45, 7) is 1.80. The van der Waals surface area contributed by atoms with Crippen LogP contribution in [0.4, 0.5) is 5.00 Å². The van der Waals surface area contributed by atoms with Crippen LogP contribution in [0.3, 0.4) is 0 Å². The Hall–Kier alpha value is -2.34. The van der Waals surface area contributed by atoms with Gasteiger partial charge in [-0.2, -0.15) is 0 Å². The standard InChI is InChI=1S/C15H15NO4S/c1-9-8-12(21-13(9)15(18)20-3)16-14(17)10-4-6-11(19-2)7-5-10/h4-8H,1-3H3,(H,16,17). The van der Waals surface area contributed by atoms with Crippen molar-refractivity contribution in [2.24, 2.45) is 0 Å². The van der Waals surface area contributed by atoms with Gasteiger partial charge in [-0.15, -0.1) is 11.3 Å². The zero-order valence-electron chi connectivity index (χ0n) is 11.9. The van der Waals surface area contributed by atoms with Crippen LogP contribution >= 0.6 is 11.3 Å². The number of amides is 1. The van der Waals surface area contributed by atoms with E-state index in [-0.39, 0.29) is 5.91 Å². The SMILES string of the molecule is COC(=O)c1sc(NC(=O)c2ccc(OC)cc2)cc1C. The minimum atomic E-state index is -0.401. The number of esters is 1. The van der Waals surface area contributed by atoms with Gasteiger partial charge in [-0.05, 0) is 42.8 Å². The number of rotatable bonds is 4. The number of ether oxygens (including phenoxy) is 2. The lowest BCUT2D eigenvalue weighted by atomic mass is 10.2. The van der Waals surface area contributed by atoms with E-state index in [0.717, 1.165) is 5.56 Å². The summed E-state index contributed by atoms with van der Waals surface area (Å²) in [6.07, 6.45) is 0. The molecule has 1 N–H and O–H groups in total. The molecule has 0 aliphatic rings. The van der Waals surface area contributed by atoms with Crippen molar-refractivity contribution in [3.63, 3.8) is 0 Å². The molecule has 0 saturated carbocycles. The van der Waals surface area contributed by atoms with E-state index in [4.69, 9.17) is 9.47 Å². The maximum absolute atomic E-state index is 12.1. The maximum Gasteiger partial charge on any atom is 0.348 e. The molecule has 110 valence electrons. The number of anilines is 1. The average molecular weight is 305 g/mol. The van der Waals surface area contributed by atoms with Crippen molar-refractivity contribution in [2.75, 3.05) is 19.5 Å². The first-order valence-electron chi connectivity index (χ1n) is 6.19. The third-order valence-corrected chi connectivity index (χ3v) is 4.01. The molecular weight excluding hydrogens is 290 g/mol. The first-order chi connectivity index (χ1) is 10.0. The van der Waals surface area contributed by atoms with Crippen LogP contribution in [0.5, 0.6) is 5.75 Å². The fraction of sp³-hybridized carbons (Fsp3) is 0.200. The lowest BCUT2D eigenvalue weighted by Gasteiger charge is -2.03. The van der Waals surface area contributed by atoms with Gasteiger partial charge in [-0.25, -0.2) is 4.79 Å². The van der Waals surface area contributed by atoms with E-state index in [1.165, 1.54) is 18.4 Å². The molecule has 0 radical (unpaired) electrons. The number of benzene rings is 1. The molecule has 1 heterocycles. The van der Waals surface area contributed by atoms with E-state index in [1.807, 2.05) is 0 Å². The van der Waals surface area contributed by atoms with Gasteiger partial charge >= 0.3 is 5.97 Å². The summed E-state index contributed by atoms with van der Waals surface area (Å²) in [5, 5.41) is 3.37. The fourth-order valence-corrected chi connectivity index (χ4v) is 2.75. The van der Waals surface area contributed by atoms with Crippen LogP contribution in [-0.2, 0) is 4.74 Å². The number of hydrogen-bond acceptors (Lipinski definition) is 5. The number of nitrogens with one attached hydrogen (secondary N) is 1. The van der Waals surface area contributed by atoms with Gasteiger partial charge in [0.15, 0.2) is 0 Å². The first kappa shape index (κ1) is 15.1. The molecule has 2 aromatic rings. The quantitative estimate of drug-likeness (QED) is 0.882. The van der Waals surface area contributed by atoms with Crippen LogP contribution in [0, 0.1) is 6.92 Å². The predicted molar refractivity (Wildman–Crippen MR) is 81.3 cm³/mol. The van der Waals surface area contributed by atoms with Gasteiger partial charge in [0.2, 0.25) is 0 Å². The van der Waals surface area contributed by atoms with Crippen LogP contribution in [0.25, 0.3) is 0 Å². The summed E-state index contributed by atoms with van der Waals surface area (Å²) in [5.41, 5.74) is 1.29. The number of aryl methyl sites for hydroxylation is 1. The molecule has 5 nitrogen and oxygen atoms in total. The number of carbonyl (C=O) groups is 2. The second kappa shape index (κ2) is 6.41. The van der Waals surface area contributed by atoms with Crippen molar-refractivity contribution in [3.05, 3.63) is 46.3 Å². The smallest absolute Gasteiger partial charge is 0.348 e. The van der Waals surface area contributed by atoms with E-state index >= 15 is 0 Å². The van der Waals surface area contributed by atoms with Crippen molar-refractivity contribution in [1.82, 2.24) is 0 Å². The molecule has 0 aliphatic heterocycles. The molecule has 2 rings (SSSR count). The van der Waals surface area contributed by atoms with Gasteiger partial charge in [-0.3, -0.25) is 4.79 Å². The summed E-state index contributed by atoms with van der Waals surface area (Å²) in [6, 6.07) is 8.53. The van der Waals surface area contributed by atoms with Crippen molar-refractivity contribution in [2.45, 2.75) is 6.92 Å². The monoisotopic (exact) mass is 305 g/mol. The number of hydrogen-bond donors (Lipinski definition) is 1. The minimum absolute atomic E-state index is 0.240. The normalized spacial score (nSPS) is 10.0. The Morgan fingerprint density at radius 3 is 2.38 bits per heavy atom. The molecule has 1 aromatic carbocycles. The summed E-state index contributed by atoms with van der Waals surface area (Å²) < 4.78 is 9.73. The highest BCUT2D eigenvalue weighted by molar-refractivity contribution is 7.18. The second-order valence-electron chi connectivity index (χ2n) is 4.30. The Morgan fingerprint density at radius 2 is 1.81 bits per heavy atom. The van der Waals surface area contributed by atoms with E-state index in [0.29, 0.717) is 21.2 Å². The van der Waals surface area contributed by atoms with Gasteiger partial charge < -0.3 is 14.8 Å². The minimum Gasteiger partial charge on any atom is -0.497 e. The number of methoxy groups -OCH3 is 2. The summed E-state index contributed by atoms with van der Waals surface area (Å²) in [4.78, 5) is 24.1. The summed E-state index contributed by atoms with van der Waals surface area (Å²) in [7, 11) is 2.90. The largest absolute Gasteiger partial charge is 0.497 e. The van der Waals surface area contributed by atoms with Gasteiger partial charge in [0.1, 0.15) is 10.6 Å². The zero-order valence-corrected chi connectivity index (χ0v) is 12.7. The summed E-state index contributed by atoms with van der Waals surface area (Å²) in [5.74, 6) is 0.0456. The van der Waals surface area contributed by atoms with E-state index < -0.39 is 5.97 Å². The Morgan fingerprint density at radius 1 is 1.14 bits per heavy atom. The molecule has 1 amide bonds. The van der Waals surface area contributed by atoms with E-state index in [9.17, 15) is 9.59 Å². The molecule has 21 heavy (non-hydrogen) atoms. The van der Waals surface area contributed by atoms with Gasteiger partial charge in [0.05, 0.1) is 19.2 Å². The highest BCUT2D eigenvalue weighted by Gasteiger charge is 2.15.